The third-order valence-corrected chi connectivity index (χ3v) is 7.12. The molecule has 0 bridgehead atoms. The summed E-state index contributed by atoms with van der Waals surface area (Å²) in [4.78, 5) is 34.5. The van der Waals surface area contributed by atoms with Crippen LogP contribution in [0.5, 0.6) is 0 Å². The Balaban J connectivity index is 1.82. The molecule has 0 aromatic rings. The fourth-order valence-electron chi connectivity index (χ4n) is 4.38. The molecule has 3 aliphatic rings. The van der Waals surface area contributed by atoms with Crippen LogP contribution in [0.15, 0.2) is 21.5 Å². The number of hydrogen-bond acceptors (Lipinski definition) is 6. The smallest absolute Gasteiger partial charge is 0.224 e. The molecule has 0 N–H and O–H groups in total. The van der Waals surface area contributed by atoms with Crippen molar-refractivity contribution in [3.05, 3.63) is 21.5 Å². The molecular weight excluding hydrogens is 399 g/mol. The zero-order chi connectivity index (χ0) is 20.6. The van der Waals surface area contributed by atoms with Crippen LogP contribution >= 0.6 is 23.2 Å². The first-order chi connectivity index (χ1) is 13.2. The number of carbonyl (C=O) groups is 2. The van der Waals surface area contributed by atoms with Gasteiger partial charge in [0.25, 0.3) is 0 Å². The van der Waals surface area contributed by atoms with Gasteiger partial charge >= 0.3 is 0 Å². The van der Waals surface area contributed by atoms with Gasteiger partial charge in [-0.2, -0.15) is 0 Å². The van der Waals surface area contributed by atoms with Crippen LogP contribution in [0.4, 0.5) is 0 Å². The van der Waals surface area contributed by atoms with Crippen molar-refractivity contribution in [3.8, 4) is 0 Å². The van der Waals surface area contributed by atoms with E-state index >= 15 is 0 Å². The van der Waals surface area contributed by atoms with E-state index in [0.29, 0.717) is 0 Å². The highest BCUT2D eigenvalue weighted by Crippen LogP contribution is 2.35. The second kappa shape index (κ2) is 8.74. The summed E-state index contributed by atoms with van der Waals surface area (Å²) in [5.74, 6) is -0.690. The van der Waals surface area contributed by atoms with Gasteiger partial charge in [-0.3, -0.25) is 9.59 Å². The van der Waals surface area contributed by atoms with Crippen LogP contribution in [0.25, 0.3) is 0 Å². The quantitative estimate of drug-likeness (QED) is 0.638. The fraction of sp³-hybridized carbons (Fsp3) is 0.700. The molecule has 2 fully saturated rings. The first-order valence-corrected chi connectivity index (χ1v) is 10.7. The van der Waals surface area contributed by atoms with Gasteiger partial charge in [0.15, 0.2) is 0 Å². The maximum atomic E-state index is 13.1. The van der Waals surface area contributed by atoms with Crippen molar-refractivity contribution in [2.24, 2.45) is 0 Å². The molecule has 0 atom stereocenters. The zero-order valence-corrected chi connectivity index (χ0v) is 18.7. The fourth-order valence-corrected chi connectivity index (χ4v) is 5.00. The number of hydrogen-bond donors (Lipinski definition) is 0. The highest BCUT2D eigenvalue weighted by molar-refractivity contribution is 6.55. The van der Waals surface area contributed by atoms with Crippen molar-refractivity contribution in [2.45, 2.75) is 37.8 Å². The van der Waals surface area contributed by atoms with Crippen molar-refractivity contribution in [1.29, 1.82) is 0 Å². The van der Waals surface area contributed by atoms with Crippen LogP contribution in [0.1, 0.15) is 25.7 Å². The first kappa shape index (κ1) is 21.6. The SMILES string of the molecule is CN1CCC(N(C)C2=C(Cl)C(=O)C(N(C)C3CCN(C)CC3)=C(Cl)C2=O)CC1. The predicted molar refractivity (Wildman–Crippen MR) is 112 cm³/mol. The number of nitrogens with zero attached hydrogens (tertiary/aromatic N) is 4. The van der Waals surface area contributed by atoms with Gasteiger partial charge < -0.3 is 19.6 Å². The molecule has 8 heteroatoms. The first-order valence-electron chi connectivity index (χ1n) is 9.94. The molecule has 2 heterocycles. The van der Waals surface area contributed by atoms with Gasteiger partial charge in [0, 0.05) is 26.2 Å². The average molecular weight is 429 g/mol. The van der Waals surface area contributed by atoms with Crippen LogP contribution in [0.3, 0.4) is 0 Å². The number of likely N-dealkylation sites (tertiary alicyclic amines) is 2. The molecule has 6 nitrogen and oxygen atoms in total. The zero-order valence-electron chi connectivity index (χ0n) is 17.2. The van der Waals surface area contributed by atoms with Gasteiger partial charge in [-0.15, -0.1) is 0 Å². The van der Waals surface area contributed by atoms with Gasteiger partial charge in [0.05, 0.1) is 0 Å². The van der Waals surface area contributed by atoms with Gasteiger partial charge in [0.2, 0.25) is 11.6 Å². The summed E-state index contributed by atoms with van der Waals surface area (Å²) >= 11 is 12.9. The molecule has 28 heavy (non-hydrogen) atoms. The van der Waals surface area contributed by atoms with Crippen LogP contribution in [0, 0.1) is 0 Å². The van der Waals surface area contributed by atoms with Crippen molar-refractivity contribution in [1.82, 2.24) is 19.6 Å². The summed E-state index contributed by atoms with van der Waals surface area (Å²) in [6.45, 7) is 3.82. The lowest BCUT2D eigenvalue weighted by Gasteiger charge is -2.40. The number of rotatable bonds is 4. The van der Waals surface area contributed by atoms with Crippen LogP contribution in [0.2, 0.25) is 0 Å². The Kier molecular flexibility index (Phi) is 6.75. The molecule has 0 radical (unpaired) electrons. The third kappa shape index (κ3) is 4.11. The lowest BCUT2D eigenvalue weighted by molar-refractivity contribution is -0.118. The highest BCUT2D eigenvalue weighted by atomic mass is 35.5. The van der Waals surface area contributed by atoms with E-state index in [-0.39, 0.29) is 45.1 Å². The van der Waals surface area contributed by atoms with Crippen molar-refractivity contribution in [3.63, 3.8) is 0 Å². The van der Waals surface area contributed by atoms with Crippen LogP contribution in [-0.4, -0.2) is 97.6 Å². The number of likely N-dealkylation sites (N-methyl/N-ethyl adjacent to an activating group) is 2. The van der Waals surface area contributed by atoms with Gasteiger partial charge in [-0.1, -0.05) is 23.2 Å². The summed E-state index contributed by atoms with van der Waals surface area (Å²) in [6.07, 6.45) is 3.69. The Bertz CT molecular complexity index is 645. The minimum Gasteiger partial charge on any atom is -0.367 e. The minimum absolute atomic E-state index is 0.00870. The number of allylic oxidation sites excluding steroid dienone is 2. The maximum absolute atomic E-state index is 13.1. The Morgan fingerprint density at radius 3 is 1.29 bits per heavy atom. The van der Waals surface area contributed by atoms with E-state index in [9.17, 15) is 9.59 Å². The van der Waals surface area contributed by atoms with E-state index in [4.69, 9.17) is 23.2 Å². The molecule has 0 spiro atoms. The molecule has 0 aromatic carbocycles. The summed E-state index contributed by atoms with van der Waals surface area (Å²) < 4.78 is 0. The van der Waals surface area contributed by atoms with Gasteiger partial charge in [0.1, 0.15) is 21.5 Å². The molecule has 2 saturated heterocycles. The molecule has 3 rings (SSSR count). The topological polar surface area (TPSA) is 47.1 Å². The van der Waals surface area contributed by atoms with E-state index in [1.165, 1.54) is 0 Å². The Hall–Kier alpha value is -1.08. The van der Waals surface area contributed by atoms with E-state index in [1.54, 1.807) is 0 Å². The molecule has 2 aliphatic heterocycles. The Morgan fingerprint density at radius 1 is 0.714 bits per heavy atom. The normalized spacial score (nSPS) is 24.4. The van der Waals surface area contributed by atoms with Gasteiger partial charge in [-0.25, -0.2) is 0 Å². The molecule has 1 aliphatic carbocycles. The standard InChI is InChI=1S/C20H30Cl2N4O2/c1-23-9-5-13(6-10-23)25(3)17-15(21)20(28)18(16(22)19(17)27)26(4)14-7-11-24(2)12-8-14/h13-14H,5-12H2,1-4H3. The maximum Gasteiger partial charge on any atom is 0.224 e. The summed E-state index contributed by atoms with van der Waals surface area (Å²) in [5.41, 5.74) is 0.485. The lowest BCUT2D eigenvalue weighted by Crippen LogP contribution is -2.46. The minimum atomic E-state index is -0.345. The largest absolute Gasteiger partial charge is 0.367 e. The molecule has 156 valence electrons. The number of piperidine rings is 2. The van der Waals surface area contributed by atoms with Crippen LogP contribution in [-0.2, 0) is 9.59 Å². The lowest BCUT2D eigenvalue weighted by atomic mass is 9.97. The number of carbonyl (C=O) groups excluding carboxylic acids is 2. The monoisotopic (exact) mass is 428 g/mol. The molecule has 0 saturated carbocycles. The molecule has 0 unspecified atom stereocenters. The third-order valence-electron chi connectivity index (χ3n) is 6.42. The van der Waals surface area contributed by atoms with E-state index < -0.39 is 0 Å². The highest BCUT2D eigenvalue weighted by Gasteiger charge is 2.40. The summed E-state index contributed by atoms with van der Waals surface area (Å²) in [6, 6.07) is 0.351. The van der Waals surface area contributed by atoms with Crippen molar-refractivity contribution < 1.29 is 9.59 Å². The van der Waals surface area contributed by atoms with Crippen molar-refractivity contribution >= 4 is 34.8 Å². The van der Waals surface area contributed by atoms with E-state index in [1.807, 2.05) is 23.9 Å². The Morgan fingerprint density at radius 2 is 1.00 bits per heavy atom. The molecular formula is C20H30Cl2N4O2. The second-order valence-electron chi connectivity index (χ2n) is 8.27. The number of halogens is 2. The van der Waals surface area contributed by atoms with Crippen LogP contribution < -0.4 is 0 Å². The summed E-state index contributed by atoms with van der Waals surface area (Å²) in [5, 5.41) is -0.0174. The predicted octanol–water partition coefficient (Wildman–Crippen LogP) is 2.09. The molecule has 0 aromatic heterocycles. The molecule has 0 amide bonds. The van der Waals surface area contributed by atoms with E-state index in [2.05, 4.69) is 23.9 Å². The summed E-state index contributed by atoms with van der Waals surface area (Å²) in [7, 11) is 7.86. The Labute approximate surface area is 177 Å². The van der Waals surface area contributed by atoms with Gasteiger partial charge in [-0.05, 0) is 66.0 Å². The number of ketones is 2. The number of Topliss-reactive ketones (excluding diaryl/α,β-unsaturated/α-hetero) is 2. The average Bonchev–Trinajstić information content (AvgIpc) is 2.67. The second-order valence-corrected chi connectivity index (χ2v) is 9.03. The van der Waals surface area contributed by atoms with Crippen molar-refractivity contribution in [2.75, 3.05) is 54.4 Å². The van der Waals surface area contributed by atoms with E-state index in [0.717, 1.165) is 51.9 Å².